The Morgan fingerprint density at radius 1 is 1.09 bits per heavy atom. The number of aliphatic carboxylic acids is 1. The Labute approximate surface area is 140 Å². The summed E-state index contributed by atoms with van der Waals surface area (Å²) in [5.74, 6) is -2.57. The molecule has 0 aliphatic heterocycles. The molecule has 2 aromatic carbocycles. The fraction of sp³-hybridized carbons (Fsp3) is 0.222. The Kier molecular flexibility index (Phi) is 5.77. The van der Waals surface area contributed by atoms with Gasteiger partial charge < -0.3 is 15.2 Å². The third-order valence-electron chi connectivity index (χ3n) is 3.76. The first-order valence-electron chi connectivity index (χ1n) is 7.28. The minimum absolute atomic E-state index is 0.249. The highest BCUT2D eigenvalue weighted by atomic mass is 35.5. The van der Waals surface area contributed by atoms with Gasteiger partial charge in [0.05, 0.1) is 5.92 Å². The van der Waals surface area contributed by atoms with Crippen molar-refractivity contribution >= 4 is 29.2 Å². The standard InChI is InChI=1S/C18H18ClNO3/c1-12(13-5-3-2-4-6-13)16(11-17(21)22)18(23)20-15-9-7-14(19)8-10-15/h2-10,12,16H,11H2,1H3,(H,20,23)(H,21,22)/p-1/t12-,16+/m0/s1. The van der Waals surface area contributed by atoms with Crippen molar-refractivity contribution in [1.29, 1.82) is 0 Å². The molecule has 4 nitrogen and oxygen atoms in total. The minimum atomic E-state index is -1.25. The molecule has 0 bridgehead atoms. The molecule has 0 aromatic heterocycles. The van der Waals surface area contributed by atoms with Crippen molar-refractivity contribution in [3.63, 3.8) is 0 Å². The van der Waals surface area contributed by atoms with Crippen molar-refractivity contribution in [2.75, 3.05) is 5.32 Å². The van der Waals surface area contributed by atoms with Crippen molar-refractivity contribution in [2.45, 2.75) is 19.3 Å². The van der Waals surface area contributed by atoms with Gasteiger partial charge in [0.25, 0.3) is 0 Å². The van der Waals surface area contributed by atoms with Crippen LogP contribution in [0.1, 0.15) is 24.8 Å². The third kappa shape index (κ3) is 4.83. The third-order valence-corrected chi connectivity index (χ3v) is 4.02. The molecule has 2 atom stereocenters. The largest absolute Gasteiger partial charge is 0.550 e. The number of nitrogens with one attached hydrogen (secondary N) is 1. The van der Waals surface area contributed by atoms with Gasteiger partial charge in [0, 0.05) is 16.7 Å². The Morgan fingerprint density at radius 2 is 1.70 bits per heavy atom. The van der Waals surface area contributed by atoms with Gasteiger partial charge in [0.15, 0.2) is 0 Å². The van der Waals surface area contributed by atoms with Gasteiger partial charge in [-0.25, -0.2) is 0 Å². The second-order valence-corrected chi connectivity index (χ2v) is 5.81. The highest BCUT2D eigenvalue weighted by molar-refractivity contribution is 6.30. The summed E-state index contributed by atoms with van der Waals surface area (Å²) in [5, 5.41) is 14.3. The lowest BCUT2D eigenvalue weighted by Gasteiger charge is -2.24. The van der Waals surface area contributed by atoms with Crippen molar-refractivity contribution in [2.24, 2.45) is 5.92 Å². The van der Waals surface area contributed by atoms with Crippen LogP contribution in [0.3, 0.4) is 0 Å². The number of carboxylic acids is 1. The average Bonchev–Trinajstić information content (AvgIpc) is 2.54. The number of rotatable bonds is 6. The molecule has 0 unspecified atom stereocenters. The number of carboxylic acid groups (broad SMARTS) is 1. The number of benzene rings is 2. The van der Waals surface area contributed by atoms with E-state index in [-0.39, 0.29) is 18.2 Å². The molecule has 0 saturated heterocycles. The average molecular weight is 331 g/mol. The molecule has 0 radical (unpaired) electrons. The zero-order valence-corrected chi connectivity index (χ0v) is 13.4. The predicted octanol–water partition coefficient (Wildman–Crippen LogP) is 2.84. The van der Waals surface area contributed by atoms with E-state index in [9.17, 15) is 14.7 Å². The number of amides is 1. The van der Waals surface area contributed by atoms with Gasteiger partial charge in [0.2, 0.25) is 5.91 Å². The van der Waals surface area contributed by atoms with Crippen LogP contribution < -0.4 is 10.4 Å². The van der Waals surface area contributed by atoms with Crippen molar-refractivity contribution in [1.82, 2.24) is 0 Å². The molecule has 2 rings (SSSR count). The van der Waals surface area contributed by atoms with Gasteiger partial charge in [-0.3, -0.25) is 4.79 Å². The minimum Gasteiger partial charge on any atom is -0.550 e. The van der Waals surface area contributed by atoms with Crippen LogP contribution in [0.2, 0.25) is 5.02 Å². The van der Waals surface area contributed by atoms with Crippen molar-refractivity contribution in [3.8, 4) is 0 Å². The number of carbonyl (C=O) groups excluding carboxylic acids is 2. The lowest BCUT2D eigenvalue weighted by Crippen LogP contribution is -2.34. The Balaban J connectivity index is 2.18. The van der Waals surface area contributed by atoms with Crippen molar-refractivity contribution in [3.05, 3.63) is 65.2 Å². The molecule has 5 heteroatoms. The molecular weight excluding hydrogens is 314 g/mol. The van der Waals surface area contributed by atoms with Gasteiger partial charge >= 0.3 is 0 Å². The number of hydrogen-bond donors (Lipinski definition) is 1. The van der Waals surface area contributed by atoms with Crippen molar-refractivity contribution < 1.29 is 14.7 Å². The summed E-state index contributed by atoms with van der Waals surface area (Å²) in [5.41, 5.74) is 1.48. The first-order chi connectivity index (χ1) is 11.0. The zero-order valence-electron chi connectivity index (χ0n) is 12.7. The molecule has 0 fully saturated rings. The topological polar surface area (TPSA) is 69.2 Å². The normalized spacial score (nSPS) is 13.1. The van der Waals surface area contributed by atoms with Gasteiger partial charge in [-0.15, -0.1) is 0 Å². The second-order valence-electron chi connectivity index (χ2n) is 5.38. The maximum absolute atomic E-state index is 12.5. The summed E-state index contributed by atoms with van der Waals surface area (Å²) in [6.07, 6.45) is -0.338. The number of hydrogen-bond acceptors (Lipinski definition) is 3. The Bertz CT molecular complexity index is 670. The van der Waals surface area contributed by atoms with Gasteiger partial charge in [-0.05, 0) is 42.2 Å². The molecule has 1 amide bonds. The summed E-state index contributed by atoms with van der Waals surface area (Å²) in [4.78, 5) is 23.6. The van der Waals surface area contributed by atoms with E-state index in [1.807, 2.05) is 37.3 Å². The lowest BCUT2D eigenvalue weighted by molar-refractivity contribution is -0.306. The van der Waals surface area contributed by atoms with E-state index < -0.39 is 11.9 Å². The highest BCUT2D eigenvalue weighted by Crippen LogP contribution is 2.28. The summed E-state index contributed by atoms with van der Waals surface area (Å²) in [7, 11) is 0. The van der Waals surface area contributed by atoms with Crippen LogP contribution in [-0.4, -0.2) is 11.9 Å². The molecule has 0 aliphatic rings. The summed E-state index contributed by atoms with van der Waals surface area (Å²) in [6, 6.07) is 16.0. The van der Waals surface area contributed by atoms with E-state index in [1.54, 1.807) is 24.3 Å². The van der Waals surface area contributed by atoms with Crippen LogP contribution in [0.4, 0.5) is 5.69 Å². The molecule has 1 N–H and O–H groups in total. The van der Waals surface area contributed by atoms with Crippen LogP contribution in [-0.2, 0) is 9.59 Å². The molecule has 2 aromatic rings. The van der Waals surface area contributed by atoms with Crippen LogP contribution >= 0.6 is 11.6 Å². The number of halogens is 1. The summed E-state index contributed by atoms with van der Waals surface area (Å²) in [6.45, 7) is 1.84. The summed E-state index contributed by atoms with van der Waals surface area (Å²) >= 11 is 5.81. The molecular formula is C18H17ClNO3-. The molecule has 0 aliphatic carbocycles. The molecule has 23 heavy (non-hydrogen) atoms. The number of carbonyl (C=O) groups is 2. The predicted molar refractivity (Wildman–Crippen MR) is 88.1 cm³/mol. The highest BCUT2D eigenvalue weighted by Gasteiger charge is 2.26. The summed E-state index contributed by atoms with van der Waals surface area (Å²) < 4.78 is 0. The second kappa shape index (κ2) is 7.79. The smallest absolute Gasteiger partial charge is 0.228 e. The molecule has 0 saturated carbocycles. The molecule has 120 valence electrons. The zero-order chi connectivity index (χ0) is 16.8. The van der Waals surface area contributed by atoms with E-state index in [4.69, 9.17) is 11.6 Å². The van der Waals surface area contributed by atoms with Crippen LogP contribution in [0.15, 0.2) is 54.6 Å². The first-order valence-corrected chi connectivity index (χ1v) is 7.66. The van der Waals surface area contributed by atoms with Crippen LogP contribution in [0, 0.1) is 5.92 Å². The monoisotopic (exact) mass is 330 g/mol. The van der Waals surface area contributed by atoms with E-state index >= 15 is 0 Å². The van der Waals surface area contributed by atoms with E-state index in [2.05, 4.69) is 5.32 Å². The van der Waals surface area contributed by atoms with Gasteiger partial charge in [-0.2, -0.15) is 0 Å². The maximum Gasteiger partial charge on any atom is 0.228 e. The Hall–Kier alpha value is -2.33. The first kappa shape index (κ1) is 17.0. The van der Waals surface area contributed by atoms with E-state index in [0.717, 1.165) is 5.56 Å². The van der Waals surface area contributed by atoms with E-state index in [0.29, 0.717) is 10.7 Å². The van der Waals surface area contributed by atoms with Gasteiger partial charge in [-0.1, -0.05) is 48.9 Å². The fourth-order valence-electron chi connectivity index (χ4n) is 2.43. The van der Waals surface area contributed by atoms with Crippen LogP contribution in [0.25, 0.3) is 0 Å². The maximum atomic E-state index is 12.5. The van der Waals surface area contributed by atoms with Gasteiger partial charge in [0.1, 0.15) is 0 Å². The van der Waals surface area contributed by atoms with E-state index in [1.165, 1.54) is 0 Å². The molecule has 0 heterocycles. The quantitative estimate of drug-likeness (QED) is 0.885. The SMILES string of the molecule is C[C@@H](c1ccccc1)[C@@H](CC(=O)[O-])C(=O)Nc1ccc(Cl)cc1. The lowest BCUT2D eigenvalue weighted by atomic mass is 9.84. The molecule has 0 spiro atoms. The Morgan fingerprint density at radius 3 is 2.26 bits per heavy atom. The van der Waals surface area contributed by atoms with Crippen LogP contribution in [0.5, 0.6) is 0 Å². The number of anilines is 1. The fourth-order valence-corrected chi connectivity index (χ4v) is 2.56.